The number of ether oxygens (including phenoxy) is 3. The number of phenols is 1. The first-order valence-electron chi connectivity index (χ1n) is 10.2. The Labute approximate surface area is 272 Å². The molecule has 0 amide bonds. The number of aromatic hydroxyl groups is 1. The third kappa shape index (κ3) is 9.07. The molecule has 0 aromatic heterocycles. The molecule has 2 atom stereocenters. The van der Waals surface area contributed by atoms with Crippen molar-refractivity contribution in [3.05, 3.63) is 72.0 Å². The fraction of sp³-hybridized carbons (Fsp3) is 0.0909. The molecule has 1 aliphatic heterocycles. The summed E-state index contributed by atoms with van der Waals surface area (Å²) in [5.74, 6) is -2.52. The summed E-state index contributed by atoms with van der Waals surface area (Å²) in [6, 6.07) is 10.7. The van der Waals surface area contributed by atoms with E-state index in [9.17, 15) is 32.2 Å². The maximum atomic E-state index is 12.0. The molecule has 3 aromatic carbocycles. The minimum atomic E-state index is -4.84. The molecular formula is C22H16Na2O14S2. The average Bonchev–Trinajstić information content (AvgIpc) is 2.80. The van der Waals surface area contributed by atoms with Gasteiger partial charge in [0.15, 0.2) is 29.1 Å². The van der Waals surface area contributed by atoms with Crippen LogP contribution in [0.25, 0.3) is 6.08 Å². The molecule has 14 nitrogen and oxygen atoms in total. The van der Waals surface area contributed by atoms with Crippen LogP contribution in [-0.4, -0.2) is 37.3 Å². The van der Waals surface area contributed by atoms with Gasteiger partial charge in [-0.15, -0.1) is 11.5 Å². The van der Waals surface area contributed by atoms with Gasteiger partial charge in [0.2, 0.25) is 0 Å². The second kappa shape index (κ2) is 13.5. The monoisotopic (exact) mass is 614 g/mol. The third-order valence-corrected chi connectivity index (χ3v) is 5.58. The largest absolute Gasteiger partial charge is 1.00 e. The van der Waals surface area contributed by atoms with E-state index < -0.39 is 50.4 Å². The molecule has 3 aromatic rings. The molecule has 0 saturated heterocycles. The second-order valence-electron chi connectivity index (χ2n) is 7.52. The zero-order valence-electron chi connectivity index (χ0n) is 20.7. The molecular weight excluding hydrogens is 598 g/mol. The summed E-state index contributed by atoms with van der Waals surface area (Å²) in [4.78, 5) is 0. The molecule has 1 aliphatic rings. The molecule has 0 bridgehead atoms. The van der Waals surface area contributed by atoms with Gasteiger partial charge in [0, 0.05) is 6.07 Å². The summed E-state index contributed by atoms with van der Waals surface area (Å²) in [6.45, 7) is 0. The van der Waals surface area contributed by atoms with Crippen molar-refractivity contribution >= 4 is 26.9 Å². The molecule has 0 aliphatic carbocycles. The molecule has 40 heavy (non-hydrogen) atoms. The van der Waals surface area contributed by atoms with E-state index in [0.29, 0.717) is 6.26 Å². The Morgan fingerprint density at radius 2 is 1.55 bits per heavy atom. The molecule has 2 unspecified atom stereocenters. The first-order valence-corrected chi connectivity index (χ1v) is 12.9. The van der Waals surface area contributed by atoms with Crippen molar-refractivity contribution in [2.45, 2.75) is 12.4 Å². The van der Waals surface area contributed by atoms with Gasteiger partial charge in [-0.1, -0.05) is 24.3 Å². The molecule has 3 N–H and O–H groups in total. The second-order valence-corrected chi connectivity index (χ2v) is 9.59. The Bertz CT molecular complexity index is 1610. The van der Waals surface area contributed by atoms with E-state index in [1.54, 1.807) is 0 Å². The summed E-state index contributed by atoms with van der Waals surface area (Å²) in [5.41, 5.74) is 0.431. The van der Waals surface area contributed by atoms with Gasteiger partial charge in [-0.25, -0.2) is 0 Å². The van der Waals surface area contributed by atoms with Crippen LogP contribution in [0.1, 0.15) is 17.2 Å². The predicted octanol–water partition coefficient (Wildman–Crippen LogP) is -4.56. The Balaban J connectivity index is 0.00000280. The minimum absolute atomic E-state index is 0. The number of hydrogen-bond acceptors (Lipinski definition) is 12. The van der Waals surface area contributed by atoms with Gasteiger partial charge in [0.05, 0.1) is 0 Å². The van der Waals surface area contributed by atoms with Gasteiger partial charge in [-0.2, -0.15) is 16.8 Å². The number of benzene rings is 3. The first-order chi connectivity index (χ1) is 17.8. The number of phenolic OH excluding ortho intramolecular Hbond substituents is 1. The zero-order valence-corrected chi connectivity index (χ0v) is 26.3. The van der Waals surface area contributed by atoms with Crippen LogP contribution in [0.3, 0.4) is 0 Å². The van der Waals surface area contributed by atoms with E-state index in [0.717, 1.165) is 36.4 Å². The van der Waals surface area contributed by atoms with Gasteiger partial charge in [-0.3, -0.25) is 9.11 Å². The van der Waals surface area contributed by atoms with E-state index in [1.165, 1.54) is 24.3 Å². The Kier molecular flexibility index (Phi) is 11.4. The summed E-state index contributed by atoms with van der Waals surface area (Å²) in [5, 5.41) is 34.0. The summed E-state index contributed by atoms with van der Waals surface area (Å²) >= 11 is 0. The Hall–Kier alpha value is -2.38. The van der Waals surface area contributed by atoms with Gasteiger partial charge in [0.25, 0.3) is 6.29 Å². The molecule has 0 fully saturated rings. The topological polar surface area (TPSA) is 221 Å². The van der Waals surface area contributed by atoms with Crippen molar-refractivity contribution in [3.63, 3.8) is 0 Å². The van der Waals surface area contributed by atoms with Crippen LogP contribution in [0.5, 0.6) is 40.2 Å². The fourth-order valence-corrected chi connectivity index (χ4v) is 3.83. The smallest absolute Gasteiger partial charge is 0.873 e. The Morgan fingerprint density at radius 1 is 0.825 bits per heavy atom. The van der Waals surface area contributed by atoms with E-state index >= 15 is 0 Å². The summed E-state index contributed by atoms with van der Waals surface area (Å²) < 4.78 is 86.8. The normalized spacial score (nSPS) is 16.4. The van der Waals surface area contributed by atoms with Crippen molar-refractivity contribution < 1.29 is 123 Å². The maximum absolute atomic E-state index is 12.0. The van der Waals surface area contributed by atoms with Crippen molar-refractivity contribution in [3.8, 4) is 40.2 Å². The summed E-state index contributed by atoms with van der Waals surface area (Å²) in [7, 11) is -9.55. The van der Waals surface area contributed by atoms with Crippen molar-refractivity contribution in [1.29, 1.82) is 0 Å². The molecule has 0 spiro atoms. The third-order valence-electron chi connectivity index (χ3n) is 4.82. The summed E-state index contributed by atoms with van der Waals surface area (Å²) in [6.07, 6.45) is -0.794. The van der Waals surface area contributed by atoms with E-state index in [-0.39, 0.29) is 93.2 Å². The number of fused-ring (bicyclic) bond motifs is 1. The van der Waals surface area contributed by atoms with Crippen molar-refractivity contribution in [2.24, 2.45) is 0 Å². The zero-order chi connectivity index (χ0) is 27.7. The van der Waals surface area contributed by atoms with Crippen LogP contribution in [-0.2, 0) is 25.0 Å². The van der Waals surface area contributed by atoms with Gasteiger partial charge >= 0.3 is 79.9 Å². The number of rotatable bonds is 8. The van der Waals surface area contributed by atoms with Gasteiger partial charge < -0.3 is 37.9 Å². The Morgan fingerprint density at radius 3 is 2.17 bits per heavy atom. The first kappa shape index (κ1) is 33.8. The molecule has 0 saturated carbocycles. The molecule has 1 heterocycles. The molecule has 18 heteroatoms. The van der Waals surface area contributed by atoms with Gasteiger partial charge in [0.1, 0.15) is 12.0 Å². The van der Waals surface area contributed by atoms with Gasteiger partial charge in [-0.05, 0) is 41.5 Å². The van der Waals surface area contributed by atoms with Crippen LogP contribution in [0.4, 0.5) is 0 Å². The molecule has 0 radical (unpaired) electrons. The standard InChI is InChI=1S/C22H18O14S2.2Na/c23-15-4-2-13(10-16(15)24)21-22(35-20-11-14(36-38(29,30)31)3-6-19(20)33-21)34-18-5-1-12(9-17(18)25)7-8-32-37(26,27)28;;/h1-11,21-25H,(H,26,27,28)(H,29,30,31);;/q;2*+1/p-2/b8-7+;;. The number of hydrogen-bond donors (Lipinski definition) is 3. The van der Waals surface area contributed by atoms with E-state index in [4.69, 9.17) is 23.3 Å². The van der Waals surface area contributed by atoms with Crippen LogP contribution in [0, 0.1) is 0 Å². The predicted molar refractivity (Wildman–Crippen MR) is 122 cm³/mol. The quantitative estimate of drug-likeness (QED) is 0.124. The molecule has 202 valence electrons. The molecule has 4 rings (SSSR count). The van der Waals surface area contributed by atoms with E-state index in [2.05, 4.69) is 8.37 Å². The van der Waals surface area contributed by atoms with Crippen LogP contribution in [0.15, 0.2) is 60.9 Å². The minimum Gasteiger partial charge on any atom is -0.873 e. The van der Waals surface area contributed by atoms with Crippen molar-refractivity contribution in [2.75, 3.05) is 0 Å². The average molecular weight is 614 g/mol. The van der Waals surface area contributed by atoms with Crippen LogP contribution >= 0.6 is 0 Å². The fourth-order valence-electron chi connectivity index (χ4n) is 3.28. The van der Waals surface area contributed by atoms with Crippen LogP contribution in [0.2, 0.25) is 0 Å². The SMILES string of the molecule is O=S(=O)(O)O/C=C/c1ccc(OC2Oc3cc(OS(=O)(=O)O)ccc3OC2c2ccc([O-])c([O-])c2)c(O)c1.[Na+].[Na+]. The maximum Gasteiger partial charge on any atom is 1.00 e. The van der Waals surface area contributed by atoms with E-state index in [1.807, 2.05) is 0 Å². The van der Waals surface area contributed by atoms with Crippen LogP contribution < -0.4 is 87.7 Å². The van der Waals surface area contributed by atoms with Crippen molar-refractivity contribution in [1.82, 2.24) is 0 Å².